The Morgan fingerprint density at radius 1 is 0.514 bits per heavy atom. The highest BCUT2D eigenvalue weighted by Gasteiger charge is 2.20. The van der Waals surface area contributed by atoms with Crippen LogP contribution in [0.4, 0.5) is 0 Å². The van der Waals surface area contributed by atoms with Crippen molar-refractivity contribution in [1.82, 2.24) is 0 Å². The molecule has 0 heterocycles. The molecule has 4 unspecified atom stereocenters. The Bertz CT molecular complexity index is 446. The molecule has 0 rings (SSSR count). The maximum atomic E-state index is 12.2. The van der Waals surface area contributed by atoms with Crippen LogP contribution < -0.4 is 0 Å². The maximum absolute atomic E-state index is 12.2. The van der Waals surface area contributed by atoms with Crippen LogP contribution in [0.1, 0.15) is 176 Å². The summed E-state index contributed by atoms with van der Waals surface area (Å²) in [5.74, 6) is 2.21. The molecule has 0 aliphatic carbocycles. The number of ether oxygens (including phenoxy) is 1. The van der Waals surface area contributed by atoms with E-state index in [-0.39, 0.29) is 11.9 Å². The van der Waals surface area contributed by atoms with Crippen LogP contribution in [0.15, 0.2) is 0 Å². The Kier molecular flexibility index (Phi) is 24.8. The number of esters is 1. The monoisotopic (exact) mass is 495 g/mol. The van der Waals surface area contributed by atoms with Crippen molar-refractivity contribution in [3.05, 3.63) is 0 Å². The summed E-state index contributed by atoms with van der Waals surface area (Å²) in [5.41, 5.74) is 0. The van der Waals surface area contributed by atoms with Gasteiger partial charge in [0.15, 0.2) is 0 Å². The molecule has 0 aliphatic heterocycles. The molecular formula is C33H66O2. The van der Waals surface area contributed by atoms with Gasteiger partial charge in [0.1, 0.15) is 0 Å². The van der Waals surface area contributed by atoms with Crippen molar-refractivity contribution in [2.75, 3.05) is 6.61 Å². The Morgan fingerprint density at radius 2 is 0.914 bits per heavy atom. The summed E-state index contributed by atoms with van der Waals surface area (Å²) in [7, 11) is 0. The molecule has 0 aromatic carbocycles. The highest BCUT2D eigenvalue weighted by Crippen LogP contribution is 2.27. The van der Waals surface area contributed by atoms with E-state index >= 15 is 0 Å². The lowest BCUT2D eigenvalue weighted by atomic mass is 9.84. The maximum Gasteiger partial charge on any atom is 0.308 e. The number of carbonyl (C=O) groups excluding carboxylic acids is 1. The predicted octanol–water partition coefficient (Wildman–Crippen LogP) is 11.3. The van der Waals surface area contributed by atoms with E-state index in [1.807, 2.05) is 6.92 Å². The number of unbranched alkanes of at least 4 members (excludes halogenated alkanes) is 15. The average Bonchev–Trinajstić information content (AvgIpc) is 2.81. The van der Waals surface area contributed by atoms with E-state index in [9.17, 15) is 4.79 Å². The molecule has 4 atom stereocenters. The van der Waals surface area contributed by atoms with E-state index in [0.29, 0.717) is 12.5 Å². The summed E-state index contributed by atoms with van der Waals surface area (Å²) in [6, 6.07) is 0. The molecule has 2 heteroatoms. The van der Waals surface area contributed by atoms with Crippen molar-refractivity contribution in [2.24, 2.45) is 23.7 Å². The SMILES string of the molecule is CCCCCCCCCCCCCCCCC(C)CC(C)CC(C)CC(C)C(=O)OCCCCC. The van der Waals surface area contributed by atoms with Gasteiger partial charge in [-0.05, 0) is 43.4 Å². The largest absolute Gasteiger partial charge is 0.465 e. The molecule has 0 saturated heterocycles. The first-order valence-electron chi connectivity index (χ1n) is 16.1. The van der Waals surface area contributed by atoms with Crippen LogP contribution in [-0.4, -0.2) is 12.6 Å². The lowest BCUT2D eigenvalue weighted by molar-refractivity contribution is -0.148. The number of hydrogen-bond donors (Lipinski definition) is 0. The molecule has 0 aromatic rings. The third-order valence-corrected chi connectivity index (χ3v) is 7.81. The zero-order valence-corrected chi connectivity index (χ0v) is 25.2. The number of carbonyl (C=O) groups is 1. The summed E-state index contributed by atoms with van der Waals surface area (Å²) >= 11 is 0. The normalized spacial score (nSPS) is 15.0. The molecule has 210 valence electrons. The van der Waals surface area contributed by atoms with Crippen LogP contribution in [-0.2, 0) is 9.53 Å². The topological polar surface area (TPSA) is 26.3 Å². The van der Waals surface area contributed by atoms with E-state index in [2.05, 4.69) is 34.6 Å². The average molecular weight is 495 g/mol. The second-order valence-electron chi connectivity index (χ2n) is 12.2. The van der Waals surface area contributed by atoms with Crippen LogP contribution in [0, 0.1) is 23.7 Å². The summed E-state index contributed by atoms with van der Waals surface area (Å²) in [5, 5.41) is 0. The Balaban J connectivity index is 3.62. The first kappa shape index (κ1) is 34.5. The molecule has 0 aliphatic rings. The number of hydrogen-bond acceptors (Lipinski definition) is 2. The standard InChI is InChI=1S/C33H66O2/c1-7-9-11-12-13-14-15-16-17-18-19-20-21-22-24-29(3)26-30(4)27-31(5)28-32(6)33(34)35-25-23-10-8-2/h29-32H,7-28H2,1-6H3. The van der Waals surface area contributed by atoms with Gasteiger partial charge in [0.05, 0.1) is 12.5 Å². The van der Waals surface area contributed by atoms with Gasteiger partial charge in [-0.25, -0.2) is 0 Å². The van der Waals surface area contributed by atoms with Crippen molar-refractivity contribution in [2.45, 2.75) is 176 Å². The van der Waals surface area contributed by atoms with Crippen LogP contribution in [0.2, 0.25) is 0 Å². The van der Waals surface area contributed by atoms with Gasteiger partial charge >= 0.3 is 5.97 Å². The summed E-state index contributed by atoms with van der Waals surface area (Å²) in [6.07, 6.45) is 28.4. The Hall–Kier alpha value is -0.530. The molecule has 2 nitrogen and oxygen atoms in total. The van der Waals surface area contributed by atoms with Gasteiger partial charge < -0.3 is 4.74 Å². The fourth-order valence-corrected chi connectivity index (χ4v) is 5.74. The minimum absolute atomic E-state index is 0.00628. The van der Waals surface area contributed by atoms with Gasteiger partial charge in [-0.3, -0.25) is 4.79 Å². The second kappa shape index (κ2) is 25.1. The highest BCUT2D eigenvalue weighted by molar-refractivity contribution is 5.71. The predicted molar refractivity (Wildman–Crippen MR) is 156 cm³/mol. The van der Waals surface area contributed by atoms with Gasteiger partial charge in [-0.15, -0.1) is 0 Å². The molecule has 0 N–H and O–H groups in total. The quantitative estimate of drug-likeness (QED) is 0.0882. The van der Waals surface area contributed by atoms with E-state index in [0.717, 1.165) is 31.1 Å². The third-order valence-electron chi connectivity index (χ3n) is 7.81. The zero-order chi connectivity index (χ0) is 26.2. The van der Waals surface area contributed by atoms with Crippen molar-refractivity contribution >= 4 is 5.97 Å². The fraction of sp³-hybridized carbons (Fsp3) is 0.970. The first-order chi connectivity index (χ1) is 16.9. The smallest absolute Gasteiger partial charge is 0.308 e. The van der Waals surface area contributed by atoms with Crippen LogP contribution >= 0.6 is 0 Å². The lowest BCUT2D eigenvalue weighted by Gasteiger charge is -2.22. The minimum Gasteiger partial charge on any atom is -0.465 e. The fourth-order valence-electron chi connectivity index (χ4n) is 5.74. The highest BCUT2D eigenvalue weighted by atomic mass is 16.5. The molecule has 0 bridgehead atoms. The van der Waals surface area contributed by atoms with Crippen molar-refractivity contribution in [1.29, 1.82) is 0 Å². The van der Waals surface area contributed by atoms with E-state index in [1.165, 1.54) is 116 Å². The van der Waals surface area contributed by atoms with Gasteiger partial charge in [-0.1, -0.05) is 151 Å². The van der Waals surface area contributed by atoms with E-state index in [4.69, 9.17) is 4.74 Å². The van der Waals surface area contributed by atoms with Gasteiger partial charge in [0.2, 0.25) is 0 Å². The summed E-state index contributed by atoms with van der Waals surface area (Å²) < 4.78 is 5.45. The van der Waals surface area contributed by atoms with E-state index in [1.54, 1.807) is 0 Å². The minimum atomic E-state index is 0.00628. The Labute approximate surface area is 222 Å². The van der Waals surface area contributed by atoms with Gasteiger partial charge in [0, 0.05) is 0 Å². The van der Waals surface area contributed by atoms with Crippen LogP contribution in [0.25, 0.3) is 0 Å². The van der Waals surface area contributed by atoms with Gasteiger partial charge in [0.25, 0.3) is 0 Å². The molecule has 0 fully saturated rings. The summed E-state index contributed by atoms with van der Waals surface area (Å²) in [4.78, 5) is 12.2. The van der Waals surface area contributed by atoms with E-state index < -0.39 is 0 Å². The molecule has 0 amide bonds. The second-order valence-corrected chi connectivity index (χ2v) is 12.2. The molecule has 35 heavy (non-hydrogen) atoms. The van der Waals surface area contributed by atoms with Crippen LogP contribution in [0.5, 0.6) is 0 Å². The van der Waals surface area contributed by atoms with Crippen molar-refractivity contribution in [3.63, 3.8) is 0 Å². The van der Waals surface area contributed by atoms with Crippen molar-refractivity contribution < 1.29 is 9.53 Å². The molecular weight excluding hydrogens is 428 g/mol. The third kappa shape index (κ3) is 23.6. The molecule has 0 spiro atoms. The zero-order valence-electron chi connectivity index (χ0n) is 25.2. The lowest BCUT2D eigenvalue weighted by Crippen LogP contribution is -2.19. The molecule has 0 radical (unpaired) electrons. The van der Waals surface area contributed by atoms with Crippen molar-refractivity contribution in [3.8, 4) is 0 Å². The Morgan fingerprint density at radius 3 is 1.43 bits per heavy atom. The van der Waals surface area contributed by atoms with Gasteiger partial charge in [-0.2, -0.15) is 0 Å². The summed E-state index contributed by atoms with van der Waals surface area (Å²) in [6.45, 7) is 14.3. The molecule has 0 aromatic heterocycles. The molecule has 0 saturated carbocycles. The first-order valence-corrected chi connectivity index (χ1v) is 16.1. The van der Waals surface area contributed by atoms with Crippen LogP contribution in [0.3, 0.4) is 0 Å². The number of rotatable bonds is 26.